The van der Waals surface area contributed by atoms with Crippen LogP contribution in [0.15, 0.2) is 6.20 Å². The van der Waals surface area contributed by atoms with Gasteiger partial charge in [-0.3, -0.25) is 0 Å². The van der Waals surface area contributed by atoms with Gasteiger partial charge in [0.25, 0.3) is 6.43 Å². The SMILES string of the molecule is CCOC(=O)c1c(I)cnc(OC)c1C(F)F. The lowest BCUT2D eigenvalue weighted by Gasteiger charge is -2.12. The first kappa shape index (κ1) is 14.1. The first-order chi connectivity index (χ1) is 8.02. The molecule has 4 nitrogen and oxygen atoms in total. The number of methoxy groups -OCH3 is 1. The molecule has 0 saturated carbocycles. The molecule has 1 aromatic heterocycles. The van der Waals surface area contributed by atoms with Gasteiger partial charge >= 0.3 is 5.97 Å². The summed E-state index contributed by atoms with van der Waals surface area (Å²) < 4.78 is 35.6. The number of pyridine rings is 1. The number of hydrogen-bond acceptors (Lipinski definition) is 4. The molecule has 0 bridgehead atoms. The van der Waals surface area contributed by atoms with Crippen LogP contribution in [-0.2, 0) is 4.74 Å². The molecule has 0 radical (unpaired) electrons. The van der Waals surface area contributed by atoms with Crippen molar-refractivity contribution in [3.05, 3.63) is 20.9 Å². The Kier molecular flexibility index (Phi) is 5.03. The van der Waals surface area contributed by atoms with Crippen molar-refractivity contribution >= 4 is 28.6 Å². The molecule has 94 valence electrons. The molecule has 0 spiro atoms. The molecule has 0 aliphatic heterocycles. The minimum absolute atomic E-state index is 0.113. The van der Waals surface area contributed by atoms with Gasteiger partial charge in [-0.15, -0.1) is 0 Å². The highest BCUT2D eigenvalue weighted by atomic mass is 127. The number of carbonyl (C=O) groups is 1. The first-order valence-electron chi connectivity index (χ1n) is 4.70. The van der Waals surface area contributed by atoms with Gasteiger partial charge in [-0.25, -0.2) is 18.6 Å². The molecule has 0 saturated heterocycles. The van der Waals surface area contributed by atoms with E-state index in [0.29, 0.717) is 3.57 Å². The minimum Gasteiger partial charge on any atom is -0.481 e. The largest absolute Gasteiger partial charge is 0.481 e. The molecule has 7 heteroatoms. The van der Waals surface area contributed by atoms with E-state index >= 15 is 0 Å². The van der Waals surface area contributed by atoms with E-state index < -0.39 is 18.0 Å². The molecule has 0 aliphatic rings. The third kappa shape index (κ3) is 3.02. The summed E-state index contributed by atoms with van der Waals surface area (Å²) in [5, 5.41) is 0. The number of alkyl halides is 2. The van der Waals surface area contributed by atoms with Crippen molar-refractivity contribution < 1.29 is 23.0 Å². The van der Waals surface area contributed by atoms with Crippen molar-refractivity contribution in [2.24, 2.45) is 0 Å². The second-order valence-corrected chi connectivity index (χ2v) is 4.09. The van der Waals surface area contributed by atoms with E-state index in [1.807, 2.05) is 0 Å². The Bertz CT molecular complexity index is 426. The number of hydrogen-bond donors (Lipinski definition) is 0. The summed E-state index contributed by atoms with van der Waals surface area (Å²) in [7, 11) is 1.22. The highest BCUT2D eigenvalue weighted by Crippen LogP contribution is 2.33. The molecule has 1 rings (SSSR count). The normalized spacial score (nSPS) is 10.5. The average molecular weight is 357 g/mol. The van der Waals surface area contributed by atoms with Gasteiger partial charge < -0.3 is 9.47 Å². The van der Waals surface area contributed by atoms with E-state index in [2.05, 4.69) is 4.98 Å². The number of esters is 1. The van der Waals surface area contributed by atoms with Crippen LogP contribution in [-0.4, -0.2) is 24.7 Å². The van der Waals surface area contributed by atoms with Crippen molar-refractivity contribution in [2.75, 3.05) is 13.7 Å². The van der Waals surface area contributed by atoms with Crippen LogP contribution in [0.3, 0.4) is 0 Å². The first-order valence-corrected chi connectivity index (χ1v) is 5.78. The van der Waals surface area contributed by atoms with Gasteiger partial charge in [-0.1, -0.05) is 0 Å². The Morgan fingerprint density at radius 3 is 2.71 bits per heavy atom. The molecule has 17 heavy (non-hydrogen) atoms. The number of ether oxygens (including phenoxy) is 2. The summed E-state index contributed by atoms with van der Waals surface area (Å²) in [5.41, 5.74) is -0.716. The Balaban J connectivity index is 3.38. The van der Waals surface area contributed by atoms with Crippen LogP contribution in [0.1, 0.15) is 29.3 Å². The maximum absolute atomic E-state index is 12.9. The second kappa shape index (κ2) is 6.08. The zero-order chi connectivity index (χ0) is 13.0. The van der Waals surface area contributed by atoms with Crippen LogP contribution in [0.4, 0.5) is 8.78 Å². The van der Waals surface area contributed by atoms with Crippen molar-refractivity contribution in [2.45, 2.75) is 13.3 Å². The fraction of sp³-hybridized carbons (Fsp3) is 0.400. The van der Waals surface area contributed by atoms with Crippen LogP contribution < -0.4 is 4.74 Å². The second-order valence-electron chi connectivity index (χ2n) is 2.93. The monoisotopic (exact) mass is 357 g/mol. The fourth-order valence-electron chi connectivity index (χ4n) is 1.26. The van der Waals surface area contributed by atoms with Crippen LogP contribution in [0, 0.1) is 3.57 Å². The molecule has 0 unspecified atom stereocenters. The summed E-state index contributed by atoms with van der Waals surface area (Å²) in [4.78, 5) is 15.3. The van der Waals surface area contributed by atoms with Crippen LogP contribution in [0.25, 0.3) is 0 Å². The predicted molar refractivity (Wildman–Crippen MR) is 64.4 cm³/mol. The topological polar surface area (TPSA) is 48.4 Å². The fourth-order valence-corrected chi connectivity index (χ4v) is 1.91. The van der Waals surface area contributed by atoms with E-state index in [0.717, 1.165) is 0 Å². The molecule has 0 atom stereocenters. The number of nitrogens with zero attached hydrogens (tertiary/aromatic N) is 1. The minimum atomic E-state index is -2.86. The highest BCUT2D eigenvalue weighted by Gasteiger charge is 2.27. The van der Waals surface area contributed by atoms with Gasteiger partial charge in [-0.05, 0) is 29.5 Å². The molecular formula is C10H10F2INO3. The van der Waals surface area contributed by atoms with Crippen molar-refractivity contribution in [1.29, 1.82) is 0 Å². The zero-order valence-electron chi connectivity index (χ0n) is 9.17. The lowest BCUT2D eigenvalue weighted by atomic mass is 10.1. The standard InChI is InChI=1S/C10H10F2INO3/c1-3-17-10(15)6-5(13)4-14-9(16-2)7(6)8(11)12/h4,8H,3H2,1-2H3. The van der Waals surface area contributed by atoms with E-state index in [1.54, 1.807) is 29.5 Å². The Labute approximate surface area is 110 Å². The Morgan fingerprint density at radius 2 is 2.24 bits per heavy atom. The van der Waals surface area contributed by atoms with Crippen molar-refractivity contribution in [3.63, 3.8) is 0 Å². The smallest absolute Gasteiger partial charge is 0.339 e. The maximum Gasteiger partial charge on any atom is 0.339 e. The summed E-state index contributed by atoms with van der Waals surface area (Å²) in [5.74, 6) is -1.06. The third-order valence-corrected chi connectivity index (χ3v) is 2.74. The van der Waals surface area contributed by atoms with E-state index in [-0.39, 0.29) is 18.1 Å². The third-order valence-electron chi connectivity index (χ3n) is 1.92. The lowest BCUT2D eigenvalue weighted by Crippen LogP contribution is -2.13. The molecule has 0 fully saturated rings. The van der Waals surface area contributed by atoms with Crippen molar-refractivity contribution in [1.82, 2.24) is 4.98 Å². The predicted octanol–water partition coefficient (Wildman–Crippen LogP) is 2.81. The molecule has 0 N–H and O–H groups in total. The summed E-state index contributed by atoms with van der Waals surface area (Å²) >= 11 is 1.76. The average Bonchev–Trinajstić information content (AvgIpc) is 2.28. The maximum atomic E-state index is 12.9. The molecule has 1 aromatic rings. The quantitative estimate of drug-likeness (QED) is 0.614. The van der Waals surface area contributed by atoms with Gasteiger partial charge in [0.05, 0.1) is 24.8 Å². The van der Waals surface area contributed by atoms with Crippen LogP contribution in [0.5, 0.6) is 5.88 Å². The lowest BCUT2D eigenvalue weighted by molar-refractivity contribution is 0.0512. The van der Waals surface area contributed by atoms with E-state index in [9.17, 15) is 13.6 Å². The molecular weight excluding hydrogens is 347 g/mol. The Morgan fingerprint density at radius 1 is 1.59 bits per heavy atom. The molecule has 0 aliphatic carbocycles. The summed E-state index contributed by atoms with van der Waals surface area (Å²) in [6.45, 7) is 1.72. The van der Waals surface area contributed by atoms with Crippen molar-refractivity contribution in [3.8, 4) is 5.88 Å². The van der Waals surface area contributed by atoms with Crippen LogP contribution in [0.2, 0.25) is 0 Å². The van der Waals surface area contributed by atoms with Gasteiger partial charge in [0, 0.05) is 9.77 Å². The van der Waals surface area contributed by atoms with E-state index in [1.165, 1.54) is 13.3 Å². The zero-order valence-corrected chi connectivity index (χ0v) is 11.3. The summed E-state index contributed by atoms with van der Waals surface area (Å²) in [6.07, 6.45) is -1.57. The number of rotatable bonds is 4. The molecule has 0 amide bonds. The number of halogens is 3. The summed E-state index contributed by atoms with van der Waals surface area (Å²) in [6, 6.07) is 0. The number of carbonyl (C=O) groups excluding carboxylic acids is 1. The molecule has 0 aromatic carbocycles. The molecule has 1 heterocycles. The van der Waals surface area contributed by atoms with Gasteiger partial charge in [-0.2, -0.15) is 0 Å². The Hall–Kier alpha value is -0.990. The highest BCUT2D eigenvalue weighted by molar-refractivity contribution is 14.1. The van der Waals surface area contributed by atoms with Gasteiger partial charge in [0.2, 0.25) is 5.88 Å². The van der Waals surface area contributed by atoms with Gasteiger partial charge in [0.15, 0.2) is 0 Å². The number of aromatic nitrogens is 1. The van der Waals surface area contributed by atoms with E-state index in [4.69, 9.17) is 9.47 Å². The van der Waals surface area contributed by atoms with Gasteiger partial charge in [0.1, 0.15) is 0 Å². The van der Waals surface area contributed by atoms with Crippen LogP contribution >= 0.6 is 22.6 Å².